The fourth-order valence-corrected chi connectivity index (χ4v) is 2.91. The summed E-state index contributed by atoms with van der Waals surface area (Å²) in [5.74, 6) is 0.0356. The molecule has 1 aliphatic heterocycles. The van der Waals surface area contributed by atoms with Crippen molar-refractivity contribution in [2.45, 2.75) is 18.4 Å². The van der Waals surface area contributed by atoms with Gasteiger partial charge >= 0.3 is 0 Å². The number of nitrogens with zero attached hydrogens (tertiary/aromatic N) is 2. The number of hydrogen-bond acceptors (Lipinski definition) is 3. The number of amides is 1. The molecule has 1 saturated heterocycles. The molecule has 114 valence electrons. The molecule has 1 N–H and O–H groups in total. The highest BCUT2D eigenvalue weighted by atomic mass is 35.5. The number of rotatable bonds is 4. The van der Waals surface area contributed by atoms with Crippen LogP contribution in [0, 0.1) is 0 Å². The summed E-state index contributed by atoms with van der Waals surface area (Å²) in [7, 11) is 0. The molecule has 1 fully saturated rings. The standard InChI is InChI=1S/C17H17ClN2O2/c18-15-6-2-1-4-13(15)7-8-16(21)20-11-17(22,12-20)14-5-3-9-19-10-14/h1-6,9-10,22H,7-8,11-12H2. The number of β-amino-alcohol motifs (C(OH)–C–C–N with tert-alkyl or cyclic N) is 1. The average Bonchev–Trinajstić information content (AvgIpc) is 2.51. The van der Waals surface area contributed by atoms with Crippen molar-refractivity contribution in [1.82, 2.24) is 9.88 Å². The number of hydrogen-bond donors (Lipinski definition) is 1. The highest BCUT2D eigenvalue weighted by Gasteiger charge is 2.44. The molecular weight excluding hydrogens is 300 g/mol. The third-order valence-electron chi connectivity index (χ3n) is 4.02. The van der Waals surface area contributed by atoms with Gasteiger partial charge in [0.15, 0.2) is 0 Å². The molecule has 1 aromatic heterocycles. The molecule has 4 nitrogen and oxygen atoms in total. The summed E-state index contributed by atoms with van der Waals surface area (Å²) in [6.45, 7) is 0.639. The van der Waals surface area contributed by atoms with E-state index < -0.39 is 5.60 Å². The zero-order valence-corrected chi connectivity index (χ0v) is 12.8. The van der Waals surface area contributed by atoms with Crippen LogP contribution in [-0.2, 0) is 16.8 Å². The Morgan fingerprint density at radius 3 is 2.73 bits per heavy atom. The topological polar surface area (TPSA) is 53.4 Å². The zero-order valence-electron chi connectivity index (χ0n) is 12.1. The maximum Gasteiger partial charge on any atom is 0.223 e. The molecule has 3 rings (SSSR count). The molecule has 0 saturated carbocycles. The summed E-state index contributed by atoms with van der Waals surface area (Å²) >= 11 is 6.09. The molecule has 0 aliphatic carbocycles. The number of aryl methyl sites for hydroxylation is 1. The molecule has 1 aromatic carbocycles. The molecule has 22 heavy (non-hydrogen) atoms. The van der Waals surface area contributed by atoms with Gasteiger partial charge in [0.1, 0.15) is 5.60 Å². The van der Waals surface area contributed by atoms with E-state index in [-0.39, 0.29) is 5.91 Å². The van der Waals surface area contributed by atoms with Crippen molar-refractivity contribution in [3.63, 3.8) is 0 Å². The van der Waals surface area contributed by atoms with Crippen molar-refractivity contribution in [3.8, 4) is 0 Å². The van der Waals surface area contributed by atoms with Gasteiger partial charge in [-0.15, -0.1) is 0 Å². The maximum absolute atomic E-state index is 12.2. The fraction of sp³-hybridized carbons (Fsp3) is 0.294. The summed E-state index contributed by atoms with van der Waals surface area (Å²) in [4.78, 5) is 17.9. The van der Waals surface area contributed by atoms with Gasteiger partial charge in [0.2, 0.25) is 5.91 Å². The van der Waals surface area contributed by atoms with E-state index in [4.69, 9.17) is 11.6 Å². The minimum absolute atomic E-state index is 0.0356. The highest BCUT2D eigenvalue weighted by molar-refractivity contribution is 6.31. The molecule has 0 atom stereocenters. The van der Waals surface area contributed by atoms with Crippen molar-refractivity contribution in [1.29, 1.82) is 0 Å². The summed E-state index contributed by atoms with van der Waals surface area (Å²) in [5, 5.41) is 11.2. The van der Waals surface area contributed by atoms with Gasteiger partial charge in [-0.05, 0) is 24.1 Å². The highest BCUT2D eigenvalue weighted by Crippen LogP contribution is 2.31. The number of likely N-dealkylation sites (tertiary alicyclic amines) is 1. The predicted octanol–water partition coefficient (Wildman–Crippen LogP) is 2.40. The van der Waals surface area contributed by atoms with E-state index in [1.165, 1.54) is 0 Å². The maximum atomic E-state index is 12.2. The van der Waals surface area contributed by atoms with Crippen LogP contribution in [0.15, 0.2) is 48.8 Å². The van der Waals surface area contributed by atoms with E-state index in [1.807, 2.05) is 30.3 Å². The van der Waals surface area contributed by atoms with Crippen LogP contribution in [0.4, 0.5) is 0 Å². The quantitative estimate of drug-likeness (QED) is 0.942. The van der Waals surface area contributed by atoms with Crippen LogP contribution >= 0.6 is 11.6 Å². The Kier molecular flexibility index (Phi) is 4.14. The molecule has 0 bridgehead atoms. The van der Waals surface area contributed by atoms with E-state index in [0.29, 0.717) is 31.0 Å². The molecule has 0 unspecified atom stereocenters. The molecule has 5 heteroatoms. The molecule has 1 aliphatic rings. The van der Waals surface area contributed by atoms with Crippen LogP contribution in [0.3, 0.4) is 0 Å². The van der Waals surface area contributed by atoms with Gasteiger partial charge in [0, 0.05) is 29.4 Å². The minimum Gasteiger partial charge on any atom is -0.381 e. The van der Waals surface area contributed by atoms with Gasteiger partial charge in [-0.1, -0.05) is 35.9 Å². The van der Waals surface area contributed by atoms with Crippen LogP contribution in [-0.4, -0.2) is 34.0 Å². The lowest BCUT2D eigenvalue weighted by Crippen LogP contribution is -2.61. The molecule has 0 spiro atoms. The van der Waals surface area contributed by atoms with Crippen LogP contribution in [0.5, 0.6) is 0 Å². The Labute approximate surface area is 134 Å². The van der Waals surface area contributed by atoms with E-state index in [1.54, 1.807) is 23.4 Å². The van der Waals surface area contributed by atoms with Gasteiger partial charge in [0.25, 0.3) is 0 Å². The van der Waals surface area contributed by atoms with Crippen LogP contribution in [0.1, 0.15) is 17.5 Å². The lowest BCUT2D eigenvalue weighted by molar-refractivity contribution is -0.157. The minimum atomic E-state index is -0.964. The number of halogens is 1. The Hall–Kier alpha value is -1.91. The largest absolute Gasteiger partial charge is 0.381 e. The second kappa shape index (κ2) is 6.07. The molecular formula is C17H17ClN2O2. The lowest BCUT2D eigenvalue weighted by Gasteiger charge is -2.46. The SMILES string of the molecule is O=C(CCc1ccccc1Cl)N1CC(O)(c2cccnc2)C1. The molecule has 0 radical (unpaired) electrons. The zero-order chi connectivity index (χ0) is 15.6. The second-order valence-electron chi connectivity index (χ2n) is 5.61. The summed E-state index contributed by atoms with van der Waals surface area (Å²) in [5.41, 5.74) is 0.764. The van der Waals surface area contributed by atoms with E-state index >= 15 is 0 Å². The van der Waals surface area contributed by atoms with Gasteiger partial charge in [0.05, 0.1) is 13.1 Å². The second-order valence-corrected chi connectivity index (χ2v) is 6.02. The Morgan fingerprint density at radius 2 is 2.05 bits per heavy atom. The first kappa shape index (κ1) is 15.0. The van der Waals surface area contributed by atoms with E-state index in [2.05, 4.69) is 4.98 Å². The first-order chi connectivity index (χ1) is 10.6. The molecule has 2 heterocycles. The first-order valence-corrected chi connectivity index (χ1v) is 7.60. The van der Waals surface area contributed by atoms with Gasteiger partial charge in [-0.2, -0.15) is 0 Å². The number of pyridine rings is 1. The molecule has 2 aromatic rings. The van der Waals surface area contributed by atoms with Crippen LogP contribution in [0.2, 0.25) is 5.02 Å². The van der Waals surface area contributed by atoms with E-state index in [0.717, 1.165) is 11.1 Å². The predicted molar refractivity (Wildman–Crippen MR) is 84.5 cm³/mol. The third-order valence-corrected chi connectivity index (χ3v) is 4.39. The first-order valence-electron chi connectivity index (χ1n) is 7.22. The van der Waals surface area contributed by atoms with Gasteiger partial charge in [-0.25, -0.2) is 0 Å². The monoisotopic (exact) mass is 316 g/mol. The van der Waals surface area contributed by atoms with Crippen molar-refractivity contribution in [2.24, 2.45) is 0 Å². The van der Waals surface area contributed by atoms with Gasteiger partial charge < -0.3 is 10.0 Å². The lowest BCUT2D eigenvalue weighted by atomic mass is 9.87. The number of benzene rings is 1. The van der Waals surface area contributed by atoms with Crippen molar-refractivity contribution < 1.29 is 9.90 Å². The number of carbonyl (C=O) groups excluding carboxylic acids is 1. The van der Waals surface area contributed by atoms with Crippen molar-refractivity contribution in [2.75, 3.05) is 13.1 Å². The normalized spacial score (nSPS) is 16.2. The van der Waals surface area contributed by atoms with E-state index in [9.17, 15) is 9.90 Å². The Balaban J connectivity index is 1.55. The van der Waals surface area contributed by atoms with Crippen molar-refractivity contribution in [3.05, 3.63) is 64.9 Å². The average molecular weight is 317 g/mol. The smallest absolute Gasteiger partial charge is 0.223 e. The van der Waals surface area contributed by atoms with Gasteiger partial charge in [-0.3, -0.25) is 9.78 Å². The third kappa shape index (κ3) is 2.98. The number of aromatic nitrogens is 1. The Morgan fingerprint density at radius 1 is 1.27 bits per heavy atom. The summed E-state index contributed by atoms with van der Waals surface area (Å²) < 4.78 is 0. The Bertz CT molecular complexity index is 669. The fourth-order valence-electron chi connectivity index (χ4n) is 2.68. The van der Waals surface area contributed by atoms with Crippen LogP contribution < -0.4 is 0 Å². The molecule has 1 amide bonds. The number of aliphatic hydroxyl groups is 1. The van der Waals surface area contributed by atoms with Crippen molar-refractivity contribution >= 4 is 17.5 Å². The van der Waals surface area contributed by atoms with Crippen LogP contribution in [0.25, 0.3) is 0 Å². The summed E-state index contributed by atoms with van der Waals surface area (Å²) in [6.07, 6.45) is 4.32. The number of carbonyl (C=O) groups is 1. The summed E-state index contributed by atoms with van der Waals surface area (Å²) in [6, 6.07) is 11.2.